The van der Waals surface area contributed by atoms with Gasteiger partial charge in [-0.2, -0.15) is 13.2 Å². The minimum atomic E-state index is -4.50. The van der Waals surface area contributed by atoms with Crippen molar-refractivity contribution in [3.63, 3.8) is 0 Å². The van der Waals surface area contributed by atoms with Gasteiger partial charge < -0.3 is 4.74 Å². The van der Waals surface area contributed by atoms with Gasteiger partial charge in [0.1, 0.15) is 11.8 Å². The van der Waals surface area contributed by atoms with Crippen molar-refractivity contribution < 1.29 is 22.7 Å². The molecule has 0 radical (unpaired) electrons. The molecule has 1 aromatic carbocycles. The Kier molecular flexibility index (Phi) is 6.55. The molecule has 0 aromatic heterocycles. The molecular formula is C19H27F3N2O2. The maximum absolute atomic E-state index is 13.6. The maximum atomic E-state index is 13.6. The van der Waals surface area contributed by atoms with Gasteiger partial charge in [-0.15, -0.1) is 0 Å². The van der Waals surface area contributed by atoms with Gasteiger partial charge in [-0.3, -0.25) is 10.2 Å². The van der Waals surface area contributed by atoms with Crippen LogP contribution in [0, 0.1) is 5.41 Å². The molecule has 1 amide bonds. The highest BCUT2D eigenvalue weighted by Gasteiger charge is 2.51. The molecule has 2 rings (SSSR count). The van der Waals surface area contributed by atoms with Crippen molar-refractivity contribution in [2.75, 3.05) is 13.2 Å². The largest absolute Gasteiger partial charge is 0.494 e. The molecule has 0 bridgehead atoms. The quantitative estimate of drug-likeness (QED) is 0.677. The van der Waals surface area contributed by atoms with Crippen LogP contribution in [-0.2, 0) is 4.79 Å². The first-order valence-corrected chi connectivity index (χ1v) is 9.02. The lowest BCUT2D eigenvalue weighted by Gasteiger charge is -2.29. The fourth-order valence-electron chi connectivity index (χ4n) is 2.99. The zero-order valence-electron chi connectivity index (χ0n) is 15.5. The normalized spacial score (nSPS) is 18.6. The van der Waals surface area contributed by atoms with E-state index in [1.54, 1.807) is 26.0 Å². The summed E-state index contributed by atoms with van der Waals surface area (Å²) in [5.74, 6) is 0.149. The molecule has 1 saturated heterocycles. The van der Waals surface area contributed by atoms with E-state index in [2.05, 4.69) is 12.3 Å². The van der Waals surface area contributed by atoms with Crippen molar-refractivity contribution in [2.24, 2.45) is 5.41 Å². The minimum absolute atomic E-state index is 0.00824. The average molecular weight is 372 g/mol. The highest BCUT2D eigenvalue weighted by molar-refractivity contribution is 5.83. The molecule has 0 aliphatic carbocycles. The van der Waals surface area contributed by atoms with E-state index in [9.17, 15) is 18.0 Å². The maximum Gasteiger partial charge on any atom is 0.409 e. The van der Waals surface area contributed by atoms with Crippen molar-refractivity contribution in [1.29, 1.82) is 0 Å². The van der Waals surface area contributed by atoms with Gasteiger partial charge in [0.25, 0.3) is 0 Å². The lowest BCUT2D eigenvalue weighted by molar-refractivity contribution is -0.191. The van der Waals surface area contributed by atoms with Gasteiger partial charge in [0.15, 0.2) is 0 Å². The van der Waals surface area contributed by atoms with Crippen LogP contribution in [0.2, 0.25) is 0 Å². The van der Waals surface area contributed by atoms with Crippen LogP contribution in [0.3, 0.4) is 0 Å². The number of carbonyl (C=O) groups excluding carboxylic acids is 1. The minimum Gasteiger partial charge on any atom is -0.494 e. The summed E-state index contributed by atoms with van der Waals surface area (Å²) >= 11 is 0. The number of nitrogens with zero attached hydrogens (tertiary/aromatic N) is 1. The fourth-order valence-corrected chi connectivity index (χ4v) is 2.99. The second-order valence-corrected chi connectivity index (χ2v) is 7.38. The third-order valence-corrected chi connectivity index (χ3v) is 4.51. The molecule has 1 fully saturated rings. The topological polar surface area (TPSA) is 41.6 Å². The van der Waals surface area contributed by atoms with Crippen molar-refractivity contribution in [3.05, 3.63) is 29.8 Å². The van der Waals surface area contributed by atoms with E-state index in [1.165, 1.54) is 12.1 Å². The highest BCUT2D eigenvalue weighted by atomic mass is 19.4. The van der Waals surface area contributed by atoms with Crippen LogP contribution in [-0.4, -0.2) is 30.2 Å². The van der Waals surface area contributed by atoms with Crippen LogP contribution in [0.5, 0.6) is 5.75 Å². The summed E-state index contributed by atoms with van der Waals surface area (Å²) in [7, 11) is 0. The Labute approximate surface area is 152 Å². The van der Waals surface area contributed by atoms with E-state index >= 15 is 0 Å². The number of unbranched alkanes of at least 4 members (excludes halogenated alkanes) is 3. The number of benzene rings is 1. The molecule has 0 spiro atoms. The van der Waals surface area contributed by atoms with E-state index < -0.39 is 23.5 Å². The van der Waals surface area contributed by atoms with Gasteiger partial charge in [0.05, 0.1) is 12.0 Å². The van der Waals surface area contributed by atoms with Gasteiger partial charge >= 0.3 is 6.18 Å². The first-order chi connectivity index (χ1) is 12.1. The van der Waals surface area contributed by atoms with Crippen LogP contribution >= 0.6 is 0 Å². The Morgan fingerprint density at radius 3 is 2.35 bits per heavy atom. The van der Waals surface area contributed by atoms with Crippen molar-refractivity contribution in [1.82, 2.24) is 10.4 Å². The Morgan fingerprint density at radius 2 is 1.85 bits per heavy atom. The Balaban J connectivity index is 2.06. The molecule has 7 heteroatoms. The number of carbonyl (C=O) groups is 1. The summed E-state index contributed by atoms with van der Waals surface area (Å²) in [6.07, 6.45) is -0.216. The Hall–Kier alpha value is -1.76. The molecule has 146 valence electrons. The second-order valence-electron chi connectivity index (χ2n) is 7.38. The molecule has 1 aliphatic rings. The summed E-state index contributed by atoms with van der Waals surface area (Å²) in [6.45, 7) is 5.93. The van der Waals surface area contributed by atoms with E-state index in [0.29, 0.717) is 12.4 Å². The van der Waals surface area contributed by atoms with E-state index in [0.717, 1.165) is 30.7 Å². The van der Waals surface area contributed by atoms with Crippen LogP contribution in [0.25, 0.3) is 0 Å². The summed E-state index contributed by atoms with van der Waals surface area (Å²) in [5, 5.41) is 0.975. The molecule has 26 heavy (non-hydrogen) atoms. The van der Waals surface area contributed by atoms with Gasteiger partial charge in [0.2, 0.25) is 5.91 Å². The average Bonchev–Trinajstić information content (AvgIpc) is 2.80. The number of rotatable bonds is 8. The van der Waals surface area contributed by atoms with Crippen LogP contribution in [0.4, 0.5) is 13.2 Å². The predicted octanol–water partition coefficient (Wildman–Crippen LogP) is 4.62. The number of ether oxygens (including phenoxy) is 1. The predicted molar refractivity (Wildman–Crippen MR) is 93.5 cm³/mol. The monoisotopic (exact) mass is 372 g/mol. The molecule has 1 N–H and O–H groups in total. The van der Waals surface area contributed by atoms with Crippen molar-refractivity contribution >= 4 is 5.91 Å². The molecule has 0 unspecified atom stereocenters. The van der Waals surface area contributed by atoms with E-state index in [-0.39, 0.29) is 12.1 Å². The third-order valence-electron chi connectivity index (χ3n) is 4.51. The molecule has 4 nitrogen and oxygen atoms in total. The number of hydrogen-bond donors (Lipinski definition) is 1. The fraction of sp³-hybridized carbons (Fsp3) is 0.632. The smallest absolute Gasteiger partial charge is 0.409 e. The standard InChI is InChI=1S/C19H27F3N2O2/c1-4-5-6-7-12-26-15-10-8-14(9-11-15)16(19(20,21)22)24-13-18(2,3)17(25)23-24/h8-11,16H,4-7,12-13H2,1-3H3,(H,23,25)/t16-/m0/s1. The molecule has 1 heterocycles. The van der Waals surface area contributed by atoms with Crippen molar-refractivity contribution in [2.45, 2.75) is 58.7 Å². The molecule has 1 aliphatic heterocycles. The summed E-state index contributed by atoms with van der Waals surface area (Å²) in [6, 6.07) is 4.05. The van der Waals surface area contributed by atoms with Crippen molar-refractivity contribution in [3.8, 4) is 5.75 Å². The summed E-state index contributed by atoms with van der Waals surface area (Å²) in [4.78, 5) is 11.9. The van der Waals surface area contributed by atoms with E-state index in [4.69, 9.17) is 4.74 Å². The van der Waals surface area contributed by atoms with Crippen LogP contribution < -0.4 is 10.2 Å². The lowest BCUT2D eigenvalue weighted by atomic mass is 9.93. The van der Waals surface area contributed by atoms with Gasteiger partial charge in [-0.05, 0) is 38.0 Å². The third kappa shape index (κ3) is 5.13. The van der Waals surface area contributed by atoms with Crippen LogP contribution in [0.15, 0.2) is 24.3 Å². The number of nitrogens with one attached hydrogen (secondary N) is 1. The molecular weight excluding hydrogens is 345 g/mol. The van der Waals surface area contributed by atoms with Crippen LogP contribution in [0.1, 0.15) is 58.1 Å². The van der Waals surface area contributed by atoms with Gasteiger partial charge in [-0.25, -0.2) is 5.01 Å². The Bertz CT molecular complexity index is 600. The zero-order chi connectivity index (χ0) is 19.4. The highest BCUT2D eigenvalue weighted by Crippen LogP contribution is 2.40. The SMILES string of the molecule is CCCCCCOc1ccc([C@H](N2CC(C)(C)C(=O)N2)C(F)(F)F)cc1. The number of alkyl halides is 3. The van der Waals surface area contributed by atoms with E-state index in [1.807, 2.05) is 0 Å². The molecule has 0 saturated carbocycles. The number of halogens is 3. The number of hydrogen-bond acceptors (Lipinski definition) is 3. The number of hydrazine groups is 1. The molecule has 1 aromatic rings. The number of amides is 1. The summed E-state index contributed by atoms with van der Waals surface area (Å²) in [5.41, 5.74) is 1.58. The second kappa shape index (κ2) is 8.29. The first kappa shape index (κ1) is 20.6. The van der Waals surface area contributed by atoms with Gasteiger partial charge in [0, 0.05) is 6.54 Å². The lowest BCUT2D eigenvalue weighted by Crippen LogP contribution is -2.43. The molecule has 1 atom stereocenters. The zero-order valence-corrected chi connectivity index (χ0v) is 15.5. The van der Waals surface area contributed by atoms with Gasteiger partial charge in [-0.1, -0.05) is 38.3 Å². The Morgan fingerprint density at radius 1 is 1.19 bits per heavy atom. The first-order valence-electron chi connectivity index (χ1n) is 9.02. The summed E-state index contributed by atoms with van der Waals surface area (Å²) < 4.78 is 46.5.